The second kappa shape index (κ2) is 8.61. The zero-order valence-corrected chi connectivity index (χ0v) is 12.6. The maximum atomic E-state index is 11.9. The number of likely N-dealkylation sites (tertiary alicyclic amines) is 1. The molecule has 7 nitrogen and oxygen atoms in total. The fourth-order valence-electron chi connectivity index (χ4n) is 2.28. The molecule has 0 aromatic rings. The fourth-order valence-corrected chi connectivity index (χ4v) is 2.28. The van der Waals surface area contributed by atoms with Crippen LogP contribution in [0.25, 0.3) is 0 Å². The van der Waals surface area contributed by atoms with Crippen LogP contribution in [0.15, 0.2) is 0 Å². The molecule has 0 aromatic heterocycles. The number of amides is 2. The normalized spacial score (nSPS) is 16.0. The molecule has 1 rings (SSSR count). The van der Waals surface area contributed by atoms with E-state index in [0.717, 1.165) is 0 Å². The first-order chi connectivity index (χ1) is 9.91. The number of aliphatic carboxylic acids is 1. The van der Waals surface area contributed by atoms with Crippen molar-refractivity contribution in [2.45, 2.75) is 26.7 Å². The lowest BCUT2D eigenvalue weighted by Crippen LogP contribution is -2.44. The van der Waals surface area contributed by atoms with Gasteiger partial charge in [0.15, 0.2) is 0 Å². The molecule has 0 aliphatic carbocycles. The van der Waals surface area contributed by atoms with E-state index in [1.165, 1.54) is 0 Å². The van der Waals surface area contributed by atoms with Gasteiger partial charge in [-0.25, -0.2) is 4.79 Å². The highest BCUT2D eigenvalue weighted by Gasteiger charge is 2.27. The van der Waals surface area contributed by atoms with Gasteiger partial charge in [0.25, 0.3) is 0 Å². The molecule has 1 heterocycles. The van der Waals surface area contributed by atoms with Crippen LogP contribution in [0.2, 0.25) is 0 Å². The van der Waals surface area contributed by atoms with Gasteiger partial charge in [0, 0.05) is 31.5 Å². The predicted octanol–water partition coefficient (Wildman–Crippen LogP) is 0.0984. The van der Waals surface area contributed by atoms with Gasteiger partial charge >= 0.3 is 5.97 Å². The first-order valence-corrected chi connectivity index (χ1v) is 7.28. The SMILES string of the molecule is CC(C)C(=O)N1CCC(C(=O)NCCOCC(=O)O)CC1. The number of hydrogen-bond donors (Lipinski definition) is 2. The lowest BCUT2D eigenvalue weighted by atomic mass is 9.95. The average molecular weight is 300 g/mol. The Bertz CT molecular complexity index is 376. The number of piperidine rings is 1. The second-order valence-electron chi connectivity index (χ2n) is 5.49. The van der Waals surface area contributed by atoms with Gasteiger partial charge in [0.1, 0.15) is 6.61 Å². The molecule has 0 saturated carbocycles. The molecule has 0 bridgehead atoms. The summed E-state index contributed by atoms with van der Waals surface area (Å²) in [7, 11) is 0. The van der Waals surface area contributed by atoms with Gasteiger partial charge in [-0.15, -0.1) is 0 Å². The van der Waals surface area contributed by atoms with Crippen molar-refractivity contribution in [1.29, 1.82) is 0 Å². The number of rotatable bonds is 7. The van der Waals surface area contributed by atoms with E-state index >= 15 is 0 Å². The molecule has 120 valence electrons. The van der Waals surface area contributed by atoms with E-state index in [1.54, 1.807) is 0 Å². The number of carbonyl (C=O) groups excluding carboxylic acids is 2. The van der Waals surface area contributed by atoms with Crippen LogP contribution in [-0.2, 0) is 19.1 Å². The van der Waals surface area contributed by atoms with Crippen LogP contribution in [0, 0.1) is 11.8 Å². The lowest BCUT2D eigenvalue weighted by molar-refractivity contribution is -0.142. The Morgan fingerprint density at radius 1 is 1.29 bits per heavy atom. The smallest absolute Gasteiger partial charge is 0.329 e. The Hall–Kier alpha value is -1.63. The van der Waals surface area contributed by atoms with Crippen molar-refractivity contribution < 1.29 is 24.2 Å². The maximum Gasteiger partial charge on any atom is 0.329 e. The number of carboxylic acid groups (broad SMARTS) is 1. The van der Waals surface area contributed by atoms with Gasteiger partial charge in [0.05, 0.1) is 6.61 Å². The van der Waals surface area contributed by atoms with E-state index in [4.69, 9.17) is 9.84 Å². The van der Waals surface area contributed by atoms with E-state index < -0.39 is 5.97 Å². The molecule has 7 heteroatoms. The summed E-state index contributed by atoms with van der Waals surface area (Å²) in [6.07, 6.45) is 1.33. The second-order valence-corrected chi connectivity index (χ2v) is 5.49. The number of carbonyl (C=O) groups is 3. The van der Waals surface area contributed by atoms with E-state index in [-0.39, 0.29) is 36.9 Å². The summed E-state index contributed by atoms with van der Waals surface area (Å²) in [5.74, 6) is -1.03. The molecule has 2 amide bonds. The zero-order chi connectivity index (χ0) is 15.8. The summed E-state index contributed by atoms with van der Waals surface area (Å²) in [5, 5.41) is 11.1. The largest absolute Gasteiger partial charge is 0.480 e. The van der Waals surface area contributed by atoms with Crippen LogP contribution < -0.4 is 5.32 Å². The summed E-state index contributed by atoms with van der Waals surface area (Å²) in [4.78, 5) is 35.8. The highest BCUT2D eigenvalue weighted by Crippen LogP contribution is 2.18. The number of carboxylic acids is 1. The van der Waals surface area contributed by atoms with Gasteiger partial charge < -0.3 is 20.1 Å². The third-order valence-corrected chi connectivity index (χ3v) is 3.44. The van der Waals surface area contributed by atoms with Crippen molar-refractivity contribution in [1.82, 2.24) is 10.2 Å². The summed E-state index contributed by atoms with van der Waals surface area (Å²) in [6.45, 7) is 5.11. The van der Waals surface area contributed by atoms with Crippen molar-refractivity contribution in [2.75, 3.05) is 32.8 Å². The molecule has 0 radical (unpaired) electrons. The molecule has 1 aliphatic rings. The third kappa shape index (κ3) is 6.12. The highest BCUT2D eigenvalue weighted by atomic mass is 16.5. The molecule has 2 N–H and O–H groups in total. The fraction of sp³-hybridized carbons (Fsp3) is 0.786. The van der Waals surface area contributed by atoms with Gasteiger partial charge in [-0.05, 0) is 12.8 Å². The van der Waals surface area contributed by atoms with E-state index in [2.05, 4.69) is 5.32 Å². The Balaban J connectivity index is 2.20. The van der Waals surface area contributed by atoms with Crippen LogP contribution >= 0.6 is 0 Å². The van der Waals surface area contributed by atoms with Gasteiger partial charge in [-0.2, -0.15) is 0 Å². The van der Waals surface area contributed by atoms with Crippen molar-refractivity contribution in [2.24, 2.45) is 11.8 Å². The van der Waals surface area contributed by atoms with Gasteiger partial charge in [0.2, 0.25) is 11.8 Å². The Labute approximate surface area is 124 Å². The molecule has 0 unspecified atom stereocenters. The lowest BCUT2D eigenvalue weighted by Gasteiger charge is -2.32. The van der Waals surface area contributed by atoms with Crippen LogP contribution in [0.3, 0.4) is 0 Å². The number of hydrogen-bond acceptors (Lipinski definition) is 4. The summed E-state index contributed by atoms with van der Waals surface area (Å²) in [6, 6.07) is 0. The monoisotopic (exact) mass is 300 g/mol. The quantitative estimate of drug-likeness (QED) is 0.650. The minimum absolute atomic E-state index is 0.0123. The van der Waals surface area contributed by atoms with Crippen LogP contribution in [0.4, 0.5) is 0 Å². The summed E-state index contributed by atoms with van der Waals surface area (Å²) < 4.78 is 4.84. The first-order valence-electron chi connectivity index (χ1n) is 7.28. The molecule has 0 aromatic carbocycles. The molecule has 21 heavy (non-hydrogen) atoms. The standard InChI is InChI=1S/C14H24N2O5/c1-10(2)14(20)16-6-3-11(4-7-16)13(19)15-5-8-21-9-12(17)18/h10-11H,3-9H2,1-2H3,(H,15,19)(H,17,18). The minimum atomic E-state index is -1.02. The predicted molar refractivity (Wildman–Crippen MR) is 75.6 cm³/mol. The van der Waals surface area contributed by atoms with Gasteiger partial charge in [-0.3, -0.25) is 9.59 Å². The van der Waals surface area contributed by atoms with Gasteiger partial charge in [-0.1, -0.05) is 13.8 Å². The highest BCUT2D eigenvalue weighted by molar-refractivity contribution is 5.80. The number of nitrogens with one attached hydrogen (secondary N) is 1. The minimum Gasteiger partial charge on any atom is -0.480 e. The maximum absolute atomic E-state index is 11.9. The molecule has 0 spiro atoms. The van der Waals surface area contributed by atoms with E-state index in [1.807, 2.05) is 18.7 Å². The van der Waals surface area contributed by atoms with Crippen LogP contribution in [-0.4, -0.2) is 60.6 Å². The molecule has 0 atom stereocenters. The van der Waals surface area contributed by atoms with Crippen LogP contribution in [0.5, 0.6) is 0 Å². The number of ether oxygens (including phenoxy) is 1. The van der Waals surface area contributed by atoms with E-state index in [0.29, 0.717) is 32.5 Å². The van der Waals surface area contributed by atoms with E-state index in [9.17, 15) is 14.4 Å². The molecule has 1 saturated heterocycles. The Kier molecular flexibility index (Phi) is 7.14. The number of nitrogens with zero attached hydrogens (tertiary/aromatic N) is 1. The summed E-state index contributed by atoms with van der Waals surface area (Å²) in [5.41, 5.74) is 0. The summed E-state index contributed by atoms with van der Waals surface area (Å²) >= 11 is 0. The molecular weight excluding hydrogens is 276 g/mol. The van der Waals surface area contributed by atoms with Crippen molar-refractivity contribution >= 4 is 17.8 Å². The van der Waals surface area contributed by atoms with Crippen molar-refractivity contribution in [3.8, 4) is 0 Å². The van der Waals surface area contributed by atoms with Crippen molar-refractivity contribution in [3.63, 3.8) is 0 Å². The molecule has 1 aliphatic heterocycles. The average Bonchev–Trinajstić information content (AvgIpc) is 2.45. The molecular formula is C14H24N2O5. The first kappa shape index (κ1) is 17.4. The Morgan fingerprint density at radius 3 is 2.43 bits per heavy atom. The molecule has 1 fully saturated rings. The van der Waals surface area contributed by atoms with Crippen LogP contribution in [0.1, 0.15) is 26.7 Å². The zero-order valence-electron chi connectivity index (χ0n) is 12.6. The topological polar surface area (TPSA) is 95.9 Å². The Morgan fingerprint density at radius 2 is 1.90 bits per heavy atom. The third-order valence-electron chi connectivity index (χ3n) is 3.44. The van der Waals surface area contributed by atoms with Crippen molar-refractivity contribution in [3.05, 3.63) is 0 Å².